The maximum absolute atomic E-state index is 12.0. The molecule has 0 saturated carbocycles. The van der Waals surface area contributed by atoms with Crippen molar-refractivity contribution in [3.8, 4) is 0 Å². The Kier molecular flexibility index (Phi) is 7.14. The Balaban J connectivity index is 2.45. The highest BCUT2D eigenvalue weighted by atomic mass is 79.9. The van der Waals surface area contributed by atoms with Crippen LogP contribution in [0, 0.1) is 12.8 Å². The number of hydrogen-bond acceptors (Lipinski definition) is 1. The minimum absolute atomic E-state index is 0.155. The molecule has 1 rings (SSSR count). The SMILES string of the molecule is Cc1ccccc1CCC(=O)NC(CCBr)C(C)C. The Morgan fingerprint density at radius 1 is 1.32 bits per heavy atom. The number of carbonyl (C=O) groups is 1. The second kappa shape index (κ2) is 8.36. The molecule has 0 fully saturated rings. The minimum Gasteiger partial charge on any atom is -0.353 e. The lowest BCUT2D eigenvalue weighted by Crippen LogP contribution is -2.38. The van der Waals surface area contributed by atoms with Gasteiger partial charge in [0.25, 0.3) is 0 Å². The van der Waals surface area contributed by atoms with Crippen LogP contribution in [-0.4, -0.2) is 17.3 Å². The zero-order valence-corrected chi connectivity index (χ0v) is 13.7. The fourth-order valence-corrected chi connectivity index (χ4v) is 2.60. The van der Waals surface area contributed by atoms with Crippen LogP contribution in [0.5, 0.6) is 0 Å². The van der Waals surface area contributed by atoms with Crippen molar-refractivity contribution < 1.29 is 4.79 Å². The lowest BCUT2D eigenvalue weighted by atomic mass is 10.0. The van der Waals surface area contributed by atoms with E-state index in [-0.39, 0.29) is 11.9 Å². The molecule has 1 aromatic carbocycles. The lowest BCUT2D eigenvalue weighted by molar-refractivity contribution is -0.122. The molecule has 0 aliphatic rings. The largest absolute Gasteiger partial charge is 0.353 e. The van der Waals surface area contributed by atoms with E-state index in [4.69, 9.17) is 0 Å². The molecule has 0 saturated heterocycles. The van der Waals surface area contributed by atoms with Crippen LogP contribution in [0.4, 0.5) is 0 Å². The number of carbonyl (C=O) groups excluding carboxylic acids is 1. The Hall–Kier alpha value is -0.830. The summed E-state index contributed by atoms with van der Waals surface area (Å²) in [6, 6.07) is 8.52. The van der Waals surface area contributed by atoms with Crippen LogP contribution in [0.15, 0.2) is 24.3 Å². The van der Waals surface area contributed by atoms with Crippen LogP contribution in [0.3, 0.4) is 0 Å². The van der Waals surface area contributed by atoms with Gasteiger partial charge in [0.2, 0.25) is 5.91 Å². The zero-order valence-electron chi connectivity index (χ0n) is 12.1. The molecule has 2 nitrogen and oxygen atoms in total. The number of nitrogens with one attached hydrogen (secondary N) is 1. The zero-order chi connectivity index (χ0) is 14.3. The fraction of sp³-hybridized carbons (Fsp3) is 0.562. The first-order valence-corrected chi connectivity index (χ1v) is 8.06. The normalized spacial score (nSPS) is 12.5. The van der Waals surface area contributed by atoms with E-state index >= 15 is 0 Å². The highest BCUT2D eigenvalue weighted by molar-refractivity contribution is 9.09. The van der Waals surface area contributed by atoms with Crippen molar-refractivity contribution in [3.05, 3.63) is 35.4 Å². The summed E-state index contributed by atoms with van der Waals surface area (Å²) in [5.74, 6) is 0.628. The van der Waals surface area contributed by atoms with Gasteiger partial charge in [0.1, 0.15) is 0 Å². The second-order valence-corrected chi connectivity index (χ2v) is 6.12. The van der Waals surface area contributed by atoms with E-state index in [0.717, 1.165) is 18.2 Å². The molecule has 19 heavy (non-hydrogen) atoms. The Morgan fingerprint density at radius 3 is 2.58 bits per heavy atom. The standard InChI is InChI=1S/C16H24BrNO/c1-12(2)15(10-11-17)18-16(19)9-8-14-7-5-4-6-13(14)3/h4-7,12,15H,8-11H2,1-3H3,(H,18,19). The molecule has 0 bridgehead atoms. The molecular formula is C16H24BrNO. The number of rotatable bonds is 7. The van der Waals surface area contributed by atoms with E-state index < -0.39 is 0 Å². The van der Waals surface area contributed by atoms with E-state index in [9.17, 15) is 4.79 Å². The number of alkyl halides is 1. The maximum atomic E-state index is 12.0. The van der Waals surface area contributed by atoms with Crippen molar-refractivity contribution in [2.45, 2.75) is 46.1 Å². The highest BCUT2D eigenvalue weighted by Gasteiger charge is 2.15. The van der Waals surface area contributed by atoms with Gasteiger partial charge in [-0.3, -0.25) is 4.79 Å². The predicted molar refractivity (Wildman–Crippen MR) is 84.7 cm³/mol. The summed E-state index contributed by atoms with van der Waals surface area (Å²) < 4.78 is 0. The smallest absolute Gasteiger partial charge is 0.220 e. The molecule has 1 atom stereocenters. The summed E-state index contributed by atoms with van der Waals surface area (Å²) in [6.45, 7) is 6.39. The van der Waals surface area contributed by atoms with Gasteiger partial charge in [-0.2, -0.15) is 0 Å². The molecule has 0 aromatic heterocycles. The first-order valence-electron chi connectivity index (χ1n) is 6.94. The fourth-order valence-electron chi connectivity index (χ4n) is 2.11. The quantitative estimate of drug-likeness (QED) is 0.758. The molecule has 1 N–H and O–H groups in total. The third-order valence-corrected chi connectivity index (χ3v) is 3.91. The van der Waals surface area contributed by atoms with Gasteiger partial charge in [-0.05, 0) is 36.8 Å². The third-order valence-electron chi connectivity index (χ3n) is 3.45. The summed E-state index contributed by atoms with van der Waals surface area (Å²) in [5, 5.41) is 4.06. The van der Waals surface area contributed by atoms with Crippen molar-refractivity contribution in [1.82, 2.24) is 5.32 Å². The average molecular weight is 326 g/mol. The van der Waals surface area contributed by atoms with Gasteiger partial charge in [-0.1, -0.05) is 54.0 Å². The summed E-state index contributed by atoms with van der Waals surface area (Å²) in [7, 11) is 0. The van der Waals surface area contributed by atoms with E-state index in [1.807, 2.05) is 12.1 Å². The van der Waals surface area contributed by atoms with Crippen LogP contribution < -0.4 is 5.32 Å². The minimum atomic E-state index is 0.155. The van der Waals surface area contributed by atoms with Crippen molar-refractivity contribution in [3.63, 3.8) is 0 Å². The summed E-state index contributed by atoms with van der Waals surface area (Å²) in [5.41, 5.74) is 2.52. The molecule has 106 valence electrons. The van der Waals surface area contributed by atoms with Gasteiger partial charge < -0.3 is 5.32 Å². The van der Waals surface area contributed by atoms with Crippen LogP contribution >= 0.6 is 15.9 Å². The Bertz CT molecular complexity index is 403. The van der Waals surface area contributed by atoms with Gasteiger partial charge in [-0.25, -0.2) is 0 Å². The topological polar surface area (TPSA) is 29.1 Å². The lowest BCUT2D eigenvalue weighted by Gasteiger charge is -2.21. The van der Waals surface area contributed by atoms with E-state index in [0.29, 0.717) is 12.3 Å². The van der Waals surface area contributed by atoms with Gasteiger partial charge >= 0.3 is 0 Å². The molecule has 1 unspecified atom stereocenters. The molecule has 0 aliphatic heterocycles. The van der Waals surface area contributed by atoms with E-state index in [2.05, 4.69) is 54.2 Å². The summed E-state index contributed by atoms with van der Waals surface area (Å²) in [4.78, 5) is 12.0. The van der Waals surface area contributed by atoms with Crippen LogP contribution in [-0.2, 0) is 11.2 Å². The van der Waals surface area contributed by atoms with Crippen molar-refractivity contribution in [1.29, 1.82) is 0 Å². The highest BCUT2D eigenvalue weighted by Crippen LogP contribution is 2.11. The average Bonchev–Trinajstić information content (AvgIpc) is 2.37. The second-order valence-electron chi connectivity index (χ2n) is 5.32. The molecule has 0 aliphatic carbocycles. The number of hydrogen-bond donors (Lipinski definition) is 1. The molecule has 1 amide bonds. The summed E-state index contributed by atoms with van der Waals surface area (Å²) in [6.07, 6.45) is 2.36. The van der Waals surface area contributed by atoms with Crippen LogP contribution in [0.2, 0.25) is 0 Å². The third kappa shape index (κ3) is 5.77. The van der Waals surface area contributed by atoms with E-state index in [1.54, 1.807) is 0 Å². The van der Waals surface area contributed by atoms with Crippen LogP contribution in [0.1, 0.15) is 37.8 Å². The van der Waals surface area contributed by atoms with Gasteiger partial charge in [-0.15, -0.1) is 0 Å². The Labute approximate surface area is 125 Å². The van der Waals surface area contributed by atoms with Crippen molar-refractivity contribution >= 4 is 21.8 Å². The number of halogens is 1. The molecule has 0 radical (unpaired) electrons. The monoisotopic (exact) mass is 325 g/mol. The van der Waals surface area contributed by atoms with Crippen LogP contribution in [0.25, 0.3) is 0 Å². The van der Waals surface area contributed by atoms with E-state index in [1.165, 1.54) is 11.1 Å². The summed E-state index contributed by atoms with van der Waals surface area (Å²) >= 11 is 3.44. The van der Waals surface area contributed by atoms with Crippen molar-refractivity contribution in [2.75, 3.05) is 5.33 Å². The molecule has 1 aromatic rings. The van der Waals surface area contributed by atoms with Crippen molar-refractivity contribution in [2.24, 2.45) is 5.92 Å². The first-order chi connectivity index (χ1) is 9.04. The number of benzene rings is 1. The van der Waals surface area contributed by atoms with Gasteiger partial charge in [0.05, 0.1) is 0 Å². The molecule has 0 heterocycles. The predicted octanol–water partition coefficient (Wildman–Crippen LogP) is 3.85. The Morgan fingerprint density at radius 2 is 2.00 bits per heavy atom. The number of amides is 1. The molecule has 0 spiro atoms. The number of aryl methyl sites for hydroxylation is 2. The molecule has 3 heteroatoms. The first kappa shape index (κ1) is 16.2. The van der Waals surface area contributed by atoms with Gasteiger partial charge in [0.15, 0.2) is 0 Å². The van der Waals surface area contributed by atoms with Gasteiger partial charge in [0, 0.05) is 17.8 Å². The molecular weight excluding hydrogens is 302 g/mol. The maximum Gasteiger partial charge on any atom is 0.220 e.